The topological polar surface area (TPSA) is 129 Å². The molecule has 2 aromatic rings. The molecule has 10 heteroatoms. The fraction of sp³-hybridized carbons (Fsp3) is 0.176. The molecule has 2 rings (SSSR count). The zero-order valence-corrected chi connectivity index (χ0v) is 16.5. The number of halogens is 1. The van der Waals surface area contributed by atoms with Crippen molar-refractivity contribution in [1.29, 1.82) is 0 Å². The summed E-state index contributed by atoms with van der Waals surface area (Å²) in [5.41, 5.74) is 0.826. The number of amides is 1. The van der Waals surface area contributed by atoms with Crippen molar-refractivity contribution in [3.63, 3.8) is 0 Å². The van der Waals surface area contributed by atoms with Crippen molar-refractivity contribution in [3.05, 3.63) is 58.5 Å². The lowest BCUT2D eigenvalue weighted by atomic mass is 10.1. The van der Waals surface area contributed by atoms with Crippen LogP contribution in [-0.4, -0.2) is 33.4 Å². The Morgan fingerprint density at radius 3 is 2.48 bits per heavy atom. The molecular weight excluding hydrogens is 440 g/mol. The molecule has 8 nitrogen and oxygen atoms in total. The van der Waals surface area contributed by atoms with Crippen molar-refractivity contribution in [2.75, 3.05) is 13.2 Å². The standard InChI is InChI=1S/C17H17BrN2O6S/c18-15-7-3-13(26-15)4-8-17(22)25-11-16(21)20-10-9-12-1-5-14(6-2-12)27(19,23)24/h1-8H,9-11H2,(H,20,21)(H2,19,23,24). The quantitative estimate of drug-likeness (QED) is 0.458. The van der Waals surface area contributed by atoms with Gasteiger partial charge in [0.1, 0.15) is 5.76 Å². The number of primary sulfonamides is 1. The number of furan rings is 1. The van der Waals surface area contributed by atoms with Gasteiger partial charge in [0.05, 0.1) is 4.90 Å². The highest BCUT2D eigenvalue weighted by Gasteiger charge is 2.08. The molecule has 0 spiro atoms. The van der Waals surface area contributed by atoms with E-state index in [0.717, 1.165) is 11.6 Å². The highest BCUT2D eigenvalue weighted by Crippen LogP contribution is 2.15. The molecule has 0 unspecified atom stereocenters. The van der Waals surface area contributed by atoms with Crippen LogP contribution in [-0.2, 0) is 30.8 Å². The Balaban J connectivity index is 1.68. The molecule has 3 N–H and O–H groups in total. The number of hydrogen-bond donors (Lipinski definition) is 2. The van der Waals surface area contributed by atoms with Gasteiger partial charge in [-0.1, -0.05) is 12.1 Å². The van der Waals surface area contributed by atoms with E-state index in [2.05, 4.69) is 21.2 Å². The largest absolute Gasteiger partial charge is 0.452 e. The smallest absolute Gasteiger partial charge is 0.331 e. The van der Waals surface area contributed by atoms with Crippen LogP contribution in [0.5, 0.6) is 0 Å². The molecule has 0 saturated heterocycles. The van der Waals surface area contributed by atoms with Crippen molar-refractivity contribution >= 4 is 43.9 Å². The molecule has 1 amide bonds. The van der Waals surface area contributed by atoms with Crippen LogP contribution < -0.4 is 10.5 Å². The summed E-state index contributed by atoms with van der Waals surface area (Å²) in [6.45, 7) is -0.100. The lowest BCUT2D eigenvalue weighted by Crippen LogP contribution is -2.30. The second-order valence-corrected chi connectivity index (χ2v) is 7.71. The van der Waals surface area contributed by atoms with Gasteiger partial charge in [-0.25, -0.2) is 18.4 Å². The number of sulfonamides is 1. The van der Waals surface area contributed by atoms with Gasteiger partial charge < -0.3 is 14.5 Å². The summed E-state index contributed by atoms with van der Waals surface area (Å²) in [5, 5.41) is 7.62. The Hall–Kier alpha value is -2.43. The summed E-state index contributed by atoms with van der Waals surface area (Å²) in [6.07, 6.45) is 3.07. The summed E-state index contributed by atoms with van der Waals surface area (Å²) in [6, 6.07) is 9.38. The third-order valence-corrected chi connectivity index (χ3v) is 4.67. The average Bonchev–Trinajstić information content (AvgIpc) is 3.03. The molecule has 0 bridgehead atoms. The second kappa shape index (κ2) is 9.49. The van der Waals surface area contributed by atoms with E-state index in [9.17, 15) is 18.0 Å². The SMILES string of the molecule is NS(=O)(=O)c1ccc(CCNC(=O)COC(=O)C=Cc2ccc(Br)o2)cc1. The van der Waals surface area contributed by atoms with E-state index in [-0.39, 0.29) is 4.90 Å². The highest BCUT2D eigenvalue weighted by atomic mass is 79.9. The van der Waals surface area contributed by atoms with E-state index in [1.807, 2.05) is 0 Å². The molecular formula is C17H17BrN2O6S. The minimum atomic E-state index is -3.72. The summed E-state index contributed by atoms with van der Waals surface area (Å²) in [4.78, 5) is 23.2. The summed E-state index contributed by atoms with van der Waals surface area (Å²) in [5.74, 6) is -0.647. The van der Waals surface area contributed by atoms with Crippen LogP contribution in [0, 0.1) is 0 Å². The first-order valence-corrected chi connectivity index (χ1v) is 10.1. The van der Waals surface area contributed by atoms with Gasteiger partial charge >= 0.3 is 5.97 Å². The highest BCUT2D eigenvalue weighted by molar-refractivity contribution is 9.10. The van der Waals surface area contributed by atoms with Gasteiger partial charge in [0.15, 0.2) is 11.3 Å². The van der Waals surface area contributed by atoms with Crippen LogP contribution in [0.1, 0.15) is 11.3 Å². The van der Waals surface area contributed by atoms with Crippen molar-refractivity contribution in [2.45, 2.75) is 11.3 Å². The Kier molecular flexibility index (Phi) is 7.34. The van der Waals surface area contributed by atoms with Crippen molar-refractivity contribution in [3.8, 4) is 0 Å². The molecule has 0 fully saturated rings. The average molecular weight is 457 g/mol. The predicted octanol–water partition coefficient (Wildman–Crippen LogP) is 1.60. The Morgan fingerprint density at radius 1 is 1.19 bits per heavy atom. The number of rotatable bonds is 8. The van der Waals surface area contributed by atoms with Gasteiger partial charge in [0.2, 0.25) is 10.0 Å². The molecule has 0 radical (unpaired) electrons. The maximum atomic E-state index is 11.7. The number of nitrogens with two attached hydrogens (primary N) is 1. The van der Waals surface area contributed by atoms with Gasteiger partial charge in [0.25, 0.3) is 5.91 Å². The fourth-order valence-corrected chi connectivity index (χ4v) is 2.83. The molecule has 144 valence electrons. The number of esters is 1. The van der Waals surface area contributed by atoms with E-state index in [1.54, 1.807) is 24.3 Å². The first kappa shape index (κ1) is 20.9. The molecule has 1 heterocycles. The fourth-order valence-electron chi connectivity index (χ4n) is 2.00. The molecule has 0 saturated carbocycles. The zero-order valence-electron chi connectivity index (χ0n) is 14.1. The summed E-state index contributed by atoms with van der Waals surface area (Å²) >= 11 is 3.14. The van der Waals surface area contributed by atoms with E-state index in [0.29, 0.717) is 23.4 Å². The van der Waals surface area contributed by atoms with Crippen LogP contribution in [0.4, 0.5) is 0 Å². The third kappa shape index (κ3) is 7.37. The third-order valence-electron chi connectivity index (χ3n) is 3.31. The number of benzene rings is 1. The number of ether oxygens (including phenoxy) is 1. The Labute approximate surface area is 164 Å². The molecule has 1 aromatic carbocycles. The molecule has 0 aliphatic heterocycles. The van der Waals surface area contributed by atoms with Crippen molar-refractivity contribution in [1.82, 2.24) is 5.32 Å². The summed E-state index contributed by atoms with van der Waals surface area (Å²) < 4.78 is 32.9. The molecule has 0 aliphatic carbocycles. The van der Waals surface area contributed by atoms with Gasteiger partial charge in [0, 0.05) is 12.6 Å². The number of hydrogen-bond acceptors (Lipinski definition) is 6. The van der Waals surface area contributed by atoms with Gasteiger partial charge in [-0.15, -0.1) is 0 Å². The molecule has 0 atom stereocenters. The molecule has 1 aromatic heterocycles. The van der Waals surface area contributed by atoms with Gasteiger partial charge in [-0.05, 0) is 58.3 Å². The van der Waals surface area contributed by atoms with Crippen LogP contribution >= 0.6 is 15.9 Å². The van der Waals surface area contributed by atoms with Crippen LogP contribution in [0.2, 0.25) is 0 Å². The first-order chi connectivity index (χ1) is 12.7. The minimum absolute atomic E-state index is 0.0251. The van der Waals surface area contributed by atoms with Crippen molar-refractivity contribution < 1.29 is 27.2 Å². The number of carbonyl (C=O) groups excluding carboxylic acids is 2. The minimum Gasteiger partial charge on any atom is -0.452 e. The Bertz CT molecular complexity index is 935. The zero-order chi connectivity index (χ0) is 19.9. The van der Waals surface area contributed by atoms with Crippen molar-refractivity contribution in [2.24, 2.45) is 5.14 Å². The van der Waals surface area contributed by atoms with E-state index in [4.69, 9.17) is 14.3 Å². The number of carbonyl (C=O) groups is 2. The second-order valence-electron chi connectivity index (χ2n) is 5.37. The maximum absolute atomic E-state index is 11.7. The van der Waals surface area contributed by atoms with E-state index in [1.165, 1.54) is 18.2 Å². The van der Waals surface area contributed by atoms with Gasteiger partial charge in [-0.2, -0.15) is 0 Å². The van der Waals surface area contributed by atoms with Crippen LogP contribution in [0.25, 0.3) is 6.08 Å². The lowest BCUT2D eigenvalue weighted by Gasteiger charge is -2.06. The predicted molar refractivity (Wildman–Crippen MR) is 101 cm³/mol. The van der Waals surface area contributed by atoms with Crippen LogP contribution in [0.3, 0.4) is 0 Å². The number of nitrogens with one attached hydrogen (secondary N) is 1. The monoisotopic (exact) mass is 456 g/mol. The molecule has 27 heavy (non-hydrogen) atoms. The molecule has 0 aliphatic rings. The summed E-state index contributed by atoms with van der Waals surface area (Å²) in [7, 11) is -3.72. The maximum Gasteiger partial charge on any atom is 0.331 e. The first-order valence-electron chi connectivity index (χ1n) is 7.72. The lowest BCUT2D eigenvalue weighted by molar-refractivity contribution is -0.143. The van der Waals surface area contributed by atoms with Crippen LogP contribution in [0.15, 0.2) is 56.5 Å². The van der Waals surface area contributed by atoms with E-state index >= 15 is 0 Å². The normalized spacial score (nSPS) is 11.5. The Morgan fingerprint density at radius 2 is 1.89 bits per heavy atom. The van der Waals surface area contributed by atoms with Gasteiger partial charge in [-0.3, -0.25) is 4.79 Å². The van der Waals surface area contributed by atoms with E-state index < -0.39 is 28.5 Å².